The third kappa shape index (κ3) is 5.26. The van der Waals surface area contributed by atoms with E-state index in [-0.39, 0.29) is 34.8 Å². The number of benzene rings is 1. The van der Waals surface area contributed by atoms with E-state index < -0.39 is 0 Å². The summed E-state index contributed by atoms with van der Waals surface area (Å²) in [6, 6.07) is 13.9. The van der Waals surface area contributed by atoms with Crippen molar-refractivity contribution in [2.24, 2.45) is 0 Å². The number of fused-ring (bicyclic) bond motifs is 1. The molecule has 38 heavy (non-hydrogen) atoms. The van der Waals surface area contributed by atoms with Gasteiger partial charge in [-0.15, -0.1) is 11.8 Å². The van der Waals surface area contributed by atoms with E-state index in [2.05, 4.69) is 47.9 Å². The quantitative estimate of drug-likeness (QED) is 0.350. The molecule has 3 aromatic heterocycles. The molecule has 1 aliphatic heterocycles. The van der Waals surface area contributed by atoms with Gasteiger partial charge in [-0.05, 0) is 58.6 Å². The van der Waals surface area contributed by atoms with E-state index in [0.717, 1.165) is 33.6 Å². The van der Waals surface area contributed by atoms with Gasteiger partial charge in [-0.3, -0.25) is 19.5 Å². The van der Waals surface area contributed by atoms with Gasteiger partial charge in [0.2, 0.25) is 11.8 Å². The van der Waals surface area contributed by atoms with Gasteiger partial charge in [0.1, 0.15) is 12.4 Å². The molecule has 0 unspecified atom stereocenters. The van der Waals surface area contributed by atoms with Crippen molar-refractivity contribution in [2.75, 3.05) is 17.2 Å². The first-order valence-electron chi connectivity index (χ1n) is 12.5. The fourth-order valence-electron chi connectivity index (χ4n) is 4.63. The Bertz CT molecular complexity index is 1440. The molecule has 9 heteroatoms. The van der Waals surface area contributed by atoms with Crippen molar-refractivity contribution in [2.45, 2.75) is 44.9 Å². The van der Waals surface area contributed by atoms with E-state index in [1.54, 1.807) is 40.4 Å². The Morgan fingerprint density at radius 3 is 2.58 bits per heavy atom. The highest BCUT2D eigenvalue weighted by molar-refractivity contribution is 8.00. The average Bonchev–Trinajstić information content (AvgIpc) is 3.54. The summed E-state index contributed by atoms with van der Waals surface area (Å²) in [5, 5.41) is 12.3. The van der Waals surface area contributed by atoms with Gasteiger partial charge in [0.15, 0.2) is 0 Å². The number of aromatic nitrogens is 3. The number of carbonyl (C=O) groups is 2. The molecule has 4 heterocycles. The van der Waals surface area contributed by atoms with Gasteiger partial charge in [0.05, 0.1) is 22.4 Å². The summed E-state index contributed by atoms with van der Waals surface area (Å²) in [7, 11) is 0. The van der Waals surface area contributed by atoms with Crippen LogP contribution in [0.15, 0.2) is 65.6 Å². The second-order valence-corrected chi connectivity index (χ2v) is 12.3. The molecule has 0 saturated carbocycles. The van der Waals surface area contributed by atoms with Crippen LogP contribution in [0.2, 0.25) is 0 Å². The molecule has 7 nitrogen and oxygen atoms in total. The maximum Gasteiger partial charge on any atom is 0.240 e. The van der Waals surface area contributed by atoms with Crippen LogP contribution >= 0.6 is 23.1 Å². The number of para-hydroxylation sites is 1. The van der Waals surface area contributed by atoms with E-state index in [1.165, 1.54) is 0 Å². The van der Waals surface area contributed by atoms with Crippen molar-refractivity contribution in [3.05, 3.63) is 93.6 Å². The molecule has 0 spiro atoms. The highest BCUT2D eigenvalue weighted by Crippen LogP contribution is 2.48. The SMILES string of the molecule is Cc1ccccc1-n1nc(C(C)(C)C)c2c1N(CC(=O)NCc1ccncc1)C(=O)CS[C@H]2c1ccsc1. The molecule has 0 saturated heterocycles. The highest BCUT2D eigenvalue weighted by Gasteiger charge is 2.40. The monoisotopic (exact) mass is 545 g/mol. The number of amides is 2. The number of rotatable bonds is 6. The van der Waals surface area contributed by atoms with Crippen LogP contribution in [-0.2, 0) is 21.5 Å². The third-order valence-corrected chi connectivity index (χ3v) is 8.49. The smallest absolute Gasteiger partial charge is 0.240 e. The standard InChI is InChI=1S/C29H31N5O2S2/c1-19-7-5-6-8-22(19)34-28-25(27(32-34)29(2,3)4)26(21-11-14-37-17-21)38-18-24(36)33(28)16-23(35)31-15-20-9-12-30-13-10-20/h5-14,17,26H,15-16,18H2,1-4H3,(H,31,35)/t26-/m0/s1. The van der Waals surface area contributed by atoms with Gasteiger partial charge in [-0.2, -0.15) is 16.4 Å². The van der Waals surface area contributed by atoms with Gasteiger partial charge in [-0.25, -0.2) is 4.68 Å². The topological polar surface area (TPSA) is 80.1 Å². The van der Waals surface area contributed by atoms with Crippen molar-refractivity contribution >= 4 is 40.7 Å². The molecule has 4 aromatic rings. The van der Waals surface area contributed by atoms with Crippen molar-refractivity contribution in [3.63, 3.8) is 0 Å². The number of pyridine rings is 1. The Labute approximate surface area is 231 Å². The molecular weight excluding hydrogens is 514 g/mol. The van der Waals surface area contributed by atoms with E-state index >= 15 is 0 Å². The number of thioether (sulfide) groups is 1. The van der Waals surface area contributed by atoms with E-state index in [4.69, 9.17) is 5.10 Å². The van der Waals surface area contributed by atoms with E-state index in [1.807, 2.05) is 48.0 Å². The van der Waals surface area contributed by atoms with Gasteiger partial charge in [0, 0.05) is 29.9 Å². The zero-order chi connectivity index (χ0) is 26.9. The van der Waals surface area contributed by atoms with Gasteiger partial charge in [0.25, 0.3) is 0 Å². The Morgan fingerprint density at radius 2 is 1.89 bits per heavy atom. The first kappa shape index (κ1) is 26.2. The Kier molecular flexibility index (Phi) is 7.40. The molecule has 1 aromatic carbocycles. The fraction of sp³-hybridized carbons (Fsp3) is 0.310. The lowest BCUT2D eigenvalue weighted by Gasteiger charge is -2.24. The minimum atomic E-state index is -0.282. The second kappa shape index (κ2) is 10.7. The lowest BCUT2D eigenvalue weighted by Crippen LogP contribution is -2.42. The van der Waals surface area contributed by atoms with Gasteiger partial charge < -0.3 is 5.32 Å². The summed E-state index contributed by atoms with van der Waals surface area (Å²) in [4.78, 5) is 32.6. The zero-order valence-corrected chi connectivity index (χ0v) is 23.6. The first-order chi connectivity index (χ1) is 18.2. The summed E-state index contributed by atoms with van der Waals surface area (Å²) in [6.45, 7) is 8.75. The number of thiophene rings is 1. The summed E-state index contributed by atoms with van der Waals surface area (Å²) in [6.07, 6.45) is 3.39. The van der Waals surface area contributed by atoms with E-state index in [0.29, 0.717) is 12.4 Å². The van der Waals surface area contributed by atoms with Gasteiger partial charge in [-0.1, -0.05) is 39.0 Å². The number of nitrogens with zero attached hydrogens (tertiary/aromatic N) is 4. The lowest BCUT2D eigenvalue weighted by atomic mass is 9.87. The Morgan fingerprint density at radius 1 is 1.13 bits per heavy atom. The first-order valence-corrected chi connectivity index (χ1v) is 14.5. The van der Waals surface area contributed by atoms with Crippen molar-refractivity contribution < 1.29 is 9.59 Å². The molecule has 0 bridgehead atoms. The van der Waals surface area contributed by atoms with E-state index in [9.17, 15) is 9.59 Å². The molecule has 1 N–H and O–H groups in total. The number of nitrogens with one attached hydrogen (secondary N) is 1. The predicted octanol–water partition coefficient (Wildman–Crippen LogP) is 5.42. The third-order valence-electron chi connectivity index (χ3n) is 6.53. The van der Waals surface area contributed by atoms with Gasteiger partial charge >= 0.3 is 0 Å². The number of anilines is 1. The number of carbonyl (C=O) groups excluding carboxylic acids is 2. The molecule has 1 aliphatic rings. The Hall–Kier alpha value is -3.43. The molecule has 0 aliphatic carbocycles. The highest BCUT2D eigenvalue weighted by atomic mass is 32.2. The minimum absolute atomic E-state index is 0.0722. The normalized spacial score (nSPS) is 15.7. The molecule has 196 valence electrons. The van der Waals surface area contributed by atoms with Crippen LogP contribution in [0, 0.1) is 6.92 Å². The molecule has 0 radical (unpaired) electrons. The van der Waals surface area contributed by atoms with Crippen molar-refractivity contribution in [3.8, 4) is 5.69 Å². The maximum atomic E-state index is 13.7. The molecule has 2 amide bonds. The average molecular weight is 546 g/mol. The van der Waals surface area contributed by atoms with Crippen molar-refractivity contribution in [1.29, 1.82) is 0 Å². The van der Waals surface area contributed by atoms with Crippen LogP contribution in [0.1, 0.15) is 54.0 Å². The number of aryl methyl sites for hydroxylation is 1. The van der Waals surface area contributed by atoms with Crippen LogP contribution in [0.25, 0.3) is 5.69 Å². The molecule has 5 rings (SSSR count). The largest absolute Gasteiger partial charge is 0.350 e. The number of hydrogen-bond donors (Lipinski definition) is 1. The summed E-state index contributed by atoms with van der Waals surface area (Å²) >= 11 is 3.24. The fourth-order valence-corrected chi connectivity index (χ4v) is 6.59. The summed E-state index contributed by atoms with van der Waals surface area (Å²) in [5.41, 5.74) is 5.67. The van der Waals surface area contributed by atoms with Crippen LogP contribution in [0.4, 0.5) is 5.82 Å². The van der Waals surface area contributed by atoms with Crippen LogP contribution < -0.4 is 10.2 Å². The van der Waals surface area contributed by atoms with Crippen molar-refractivity contribution in [1.82, 2.24) is 20.1 Å². The molecule has 1 atom stereocenters. The predicted molar refractivity (Wildman–Crippen MR) is 154 cm³/mol. The lowest BCUT2D eigenvalue weighted by molar-refractivity contribution is -0.123. The van der Waals surface area contributed by atoms with Crippen LogP contribution in [0.5, 0.6) is 0 Å². The summed E-state index contributed by atoms with van der Waals surface area (Å²) < 4.78 is 1.88. The molecule has 0 fully saturated rings. The second-order valence-electron chi connectivity index (χ2n) is 10.4. The van der Waals surface area contributed by atoms with Crippen LogP contribution in [-0.4, -0.2) is 38.9 Å². The molecular formula is C29H31N5O2S2. The zero-order valence-electron chi connectivity index (χ0n) is 22.0. The number of hydrogen-bond acceptors (Lipinski definition) is 6. The maximum absolute atomic E-state index is 13.7. The Balaban J connectivity index is 1.64. The summed E-state index contributed by atoms with van der Waals surface area (Å²) in [5.74, 6) is 0.608. The minimum Gasteiger partial charge on any atom is -0.350 e. The van der Waals surface area contributed by atoms with Crippen LogP contribution in [0.3, 0.4) is 0 Å².